The summed E-state index contributed by atoms with van der Waals surface area (Å²) < 4.78 is 32.4. The summed E-state index contributed by atoms with van der Waals surface area (Å²) in [6.45, 7) is 6.58. The third-order valence-electron chi connectivity index (χ3n) is 6.50. The predicted octanol–water partition coefficient (Wildman–Crippen LogP) is 7.75. The quantitative estimate of drug-likeness (QED) is 0.272. The van der Waals surface area contributed by atoms with Crippen molar-refractivity contribution < 1.29 is 18.6 Å². The number of rotatable bonds is 14. The van der Waals surface area contributed by atoms with Gasteiger partial charge in [-0.05, 0) is 74.6 Å². The maximum atomic E-state index is 14.6. The summed E-state index contributed by atoms with van der Waals surface area (Å²) >= 11 is 0. The molecule has 0 saturated heterocycles. The van der Waals surface area contributed by atoms with Crippen molar-refractivity contribution in [2.45, 2.75) is 90.3 Å². The van der Waals surface area contributed by atoms with Crippen molar-refractivity contribution in [1.82, 2.24) is 0 Å². The number of hydrogen-bond acceptors (Lipinski definition) is 3. The van der Waals surface area contributed by atoms with Crippen molar-refractivity contribution >= 4 is 0 Å². The van der Waals surface area contributed by atoms with E-state index in [-0.39, 0.29) is 5.82 Å². The molecule has 0 atom stereocenters. The molecule has 1 aliphatic rings. The van der Waals surface area contributed by atoms with Gasteiger partial charge in [0.2, 0.25) is 0 Å². The van der Waals surface area contributed by atoms with Crippen LogP contribution in [-0.4, -0.2) is 32.0 Å². The van der Waals surface area contributed by atoms with Crippen molar-refractivity contribution in [3.63, 3.8) is 0 Å². The lowest BCUT2D eigenvalue weighted by Gasteiger charge is -2.28. The summed E-state index contributed by atoms with van der Waals surface area (Å²) in [5.41, 5.74) is 2.76. The smallest absolute Gasteiger partial charge is 0.134 e. The van der Waals surface area contributed by atoms with Crippen LogP contribution in [0.15, 0.2) is 42.5 Å². The van der Waals surface area contributed by atoms with E-state index in [0.29, 0.717) is 30.1 Å². The third-order valence-corrected chi connectivity index (χ3v) is 6.50. The number of ether oxygens (including phenoxy) is 3. The monoisotopic (exact) mass is 456 g/mol. The van der Waals surface area contributed by atoms with Gasteiger partial charge in [0.25, 0.3) is 0 Å². The zero-order chi connectivity index (χ0) is 23.3. The summed E-state index contributed by atoms with van der Waals surface area (Å²) in [4.78, 5) is 0. The number of aryl methyl sites for hydroxylation is 1. The normalized spacial score (nSPS) is 18.4. The second kappa shape index (κ2) is 14.4. The van der Waals surface area contributed by atoms with E-state index in [1.165, 1.54) is 30.9 Å². The highest BCUT2D eigenvalue weighted by molar-refractivity contribution is 5.65. The van der Waals surface area contributed by atoms with E-state index in [1.807, 2.05) is 18.2 Å². The molecule has 0 aliphatic heterocycles. The average molecular weight is 457 g/mol. The standard InChI is InChI=1S/C29H41FO3/c1-3-5-6-19-31-25-13-15-26(16-14-25)32-20-7-8-21-33-27-17-18-28(29(30)22-27)24-11-9-23(4-2)10-12-24/h9-12,17-18,22,25-26H,3-8,13-16,19-21H2,1-2H3. The molecule has 0 radical (unpaired) electrons. The minimum absolute atomic E-state index is 0.245. The SMILES string of the molecule is CCCCCOC1CCC(OCCCCOc2ccc(-c3ccc(CC)cc3)c(F)c2)CC1. The summed E-state index contributed by atoms with van der Waals surface area (Å²) in [5.74, 6) is 0.338. The fraction of sp³-hybridized carbons (Fsp3) is 0.586. The van der Waals surface area contributed by atoms with Gasteiger partial charge in [0.15, 0.2) is 0 Å². The van der Waals surface area contributed by atoms with E-state index in [9.17, 15) is 4.39 Å². The van der Waals surface area contributed by atoms with Gasteiger partial charge < -0.3 is 14.2 Å². The molecule has 0 bridgehead atoms. The van der Waals surface area contributed by atoms with Crippen LogP contribution >= 0.6 is 0 Å². The number of benzene rings is 2. The Balaban J connectivity index is 1.27. The minimum Gasteiger partial charge on any atom is -0.493 e. The molecule has 182 valence electrons. The van der Waals surface area contributed by atoms with Crippen LogP contribution in [0.4, 0.5) is 4.39 Å². The molecular weight excluding hydrogens is 415 g/mol. The van der Waals surface area contributed by atoms with Gasteiger partial charge in [0.1, 0.15) is 11.6 Å². The maximum absolute atomic E-state index is 14.6. The van der Waals surface area contributed by atoms with E-state index >= 15 is 0 Å². The molecule has 0 spiro atoms. The lowest BCUT2D eigenvalue weighted by atomic mass is 9.95. The van der Waals surface area contributed by atoms with Crippen molar-refractivity contribution in [2.24, 2.45) is 0 Å². The summed E-state index contributed by atoms with van der Waals surface area (Å²) in [5, 5.41) is 0. The second-order valence-electron chi connectivity index (χ2n) is 9.10. The first kappa shape index (κ1) is 25.7. The Kier molecular flexibility index (Phi) is 11.2. The molecule has 1 saturated carbocycles. The first-order chi connectivity index (χ1) is 16.2. The number of unbranched alkanes of at least 4 members (excludes halogenated alkanes) is 3. The molecule has 0 unspecified atom stereocenters. The topological polar surface area (TPSA) is 27.7 Å². The van der Waals surface area contributed by atoms with Crippen LogP contribution in [0, 0.1) is 5.82 Å². The zero-order valence-electron chi connectivity index (χ0n) is 20.5. The van der Waals surface area contributed by atoms with Crippen LogP contribution in [0.1, 0.15) is 77.2 Å². The first-order valence-electron chi connectivity index (χ1n) is 12.9. The Hall–Kier alpha value is -1.91. The van der Waals surface area contributed by atoms with Gasteiger partial charge >= 0.3 is 0 Å². The van der Waals surface area contributed by atoms with Crippen LogP contribution in [0.3, 0.4) is 0 Å². The van der Waals surface area contributed by atoms with Crippen LogP contribution in [0.5, 0.6) is 5.75 Å². The average Bonchev–Trinajstić information content (AvgIpc) is 2.85. The van der Waals surface area contributed by atoms with Crippen molar-refractivity contribution in [3.05, 3.63) is 53.8 Å². The Morgan fingerprint density at radius 1 is 0.758 bits per heavy atom. The van der Waals surface area contributed by atoms with E-state index in [0.717, 1.165) is 63.7 Å². The molecular formula is C29H41FO3. The molecule has 0 aromatic heterocycles. The highest BCUT2D eigenvalue weighted by Gasteiger charge is 2.21. The maximum Gasteiger partial charge on any atom is 0.134 e. The molecule has 0 heterocycles. The van der Waals surface area contributed by atoms with Crippen molar-refractivity contribution in [2.75, 3.05) is 19.8 Å². The van der Waals surface area contributed by atoms with Gasteiger partial charge in [-0.15, -0.1) is 0 Å². The van der Waals surface area contributed by atoms with E-state index in [4.69, 9.17) is 14.2 Å². The van der Waals surface area contributed by atoms with Crippen molar-refractivity contribution in [3.8, 4) is 16.9 Å². The van der Waals surface area contributed by atoms with E-state index in [1.54, 1.807) is 6.07 Å². The molecule has 3 rings (SSSR count). The molecule has 2 aromatic rings. The fourth-order valence-electron chi connectivity index (χ4n) is 4.35. The van der Waals surface area contributed by atoms with Crippen LogP contribution in [0.25, 0.3) is 11.1 Å². The van der Waals surface area contributed by atoms with Crippen LogP contribution < -0.4 is 4.74 Å². The zero-order valence-corrected chi connectivity index (χ0v) is 20.5. The molecule has 1 aliphatic carbocycles. The molecule has 33 heavy (non-hydrogen) atoms. The Labute approximate surface area is 199 Å². The summed E-state index contributed by atoms with van der Waals surface area (Å²) in [7, 11) is 0. The van der Waals surface area contributed by atoms with Gasteiger partial charge in [-0.1, -0.05) is 51.0 Å². The van der Waals surface area contributed by atoms with Gasteiger partial charge in [-0.25, -0.2) is 4.39 Å². The van der Waals surface area contributed by atoms with Gasteiger partial charge in [0, 0.05) is 24.8 Å². The Bertz CT molecular complexity index is 797. The lowest BCUT2D eigenvalue weighted by Crippen LogP contribution is -2.27. The highest BCUT2D eigenvalue weighted by Crippen LogP contribution is 2.27. The molecule has 1 fully saturated rings. The van der Waals surface area contributed by atoms with E-state index < -0.39 is 0 Å². The summed E-state index contributed by atoms with van der Waals surface area (Å²) in [6, 6.07) is 13.2. The second-order valence-corrected chi connectivity index (χ2v) is 9.10. The van der Waals surface area contributed by atoms with Gasteiger partial charge in [0.05, 0.1) is 18.8 Å². The molecule has 0 amide bonds. The minimum atomic E-state index is -0.245. The Morgan fingerprint density at radius 2 is 1.36 bits per heavy atom. The van der Waals surface area contributed by atoms with Crippen LogP contribution in [0.2, 0.25) is 0 Å². The molecule has 4 heteroatoms. The molecule has 2 aromatic carbocycles. The molecule has 3 nitrogen and oxygen atoms in total. The van der Waals surface area contributed by atoms with Crippen molar-refractivity contribution in [1.29, 1.82) is 0 Å². The largest absolute Gasteiger partial charge is 0.493 e. The Morgan fingerprint density at radius 3 is 1.94 bits per heavy atom. The third kappa shape index (κ3) is 8.75. The number of hydrogen-bond donors (Lipinski definition) is 0. The van der Waals surface area contributed by atoms with Crippen LogP contribution in [-0.2, 0) is 15.9 Å². The predicted molar refractivity (Wildman–Crippen MR) is 133 cm³/mol. The van der Waals surface area contributed by atoms with Gasteiger partial charge in [-0.2, -0.15) is 0 Å². The lowest BCUT2D eigenvalue weighted by molar-refractivity contribution is -0.0329. The number of halogens is 1. The molecule has 0 N–H and O–H groups in total. The fourth-order valence-corrected chi connectivity index (χ4v) is 4.35. The first-order valence-corrected chi connectivity index (χ1v) is 12.9. The highest BCUT2D eigenvalue weighted by atomic mass is 19.1. The van der Waals surface area contributed by atoms with Gasteiger partial charge in [-0.3, -0.25) is 0 Å². The van der Waals surface area contributed by atoms with E-state index in [2.05, 4.69) is 26.0 Å². The summed E-state index contributed by atoms with van der Waals surface area (Å²) in [6.07, 6.45) is 11.7.